The van der Waals surface area contributed by atoms with Gasteiger partial charge in [0.2, 0.25) is 16.8 Å². The SMILES string of the molecule is CCC1(OC(C)=O)COCCN1c1nc(Cl)ncc1[N+](=O)[O-]. The summed E-state index contributed by atoms with van der Waals surface area (Å²) in [6.07, 6.45) is 1.40. The molecule has 2 rings (SSSR count). The maximum atomic E-state index is 11.4. The summed E-state index contributed by atoms with van der Waals surface area (Å²) in [4.78, 5) is 31.2. The van der Waals surface area contributed by atoms with Crippen LogP contribution in [0.25, 0.3) is 0 Å². The predicted octanol–water partition coefficient (Wildman–Crippen LogP) is 1.54. The van der Waals surface area contributed by atoms with E-state index in [-0.39, 0.29) is 29.9 Å². The second kappa shape index (κ2) is 6.41. The fourth-order valence-electron chi connectivity index (χ4n) is 2.36. The number of nitro groups is 1. The van der Waals surface area contributed by atoms with Crippen LogP contribution in [-0.2, 0) is 14.3 Å². The minimum Gasteiger partial charge on any atom is -0.436 e. The molecule has 1 aromatic heterocycles. The molecular weight excluding hydrogens is 316 g/mol. The van der Waals surface area contributed by atoms with E-state index in [2.05, 4.69) is 9.97 Å². The van der Waals surface area contributed by atoms with Crippen molar-refractivity contribution in [1.29, 1.82) is 0 Å². The Balaban J connectivity index is 2.53. The molecule has 1 fully saturated rings. The Labute approximate surface area is 131 Å². The first-order chi connectivity index (χ1) is 10.4. The van der Waals surface area contributed by atoms with Gasteiger partial charge in [-0.05, 0) is 11.6 Å². The van der Waals surface area contributed by atoms with Gasteiger partial charge in [0.1, 0.15) is 12.8 Å². The Morgan fingerprint density at radius 2 is 2.41 bits per heavy atom. The van der Waals surface area contributed by atoms with E-state index >= 15 is 0 Å². The topological polar surface area (TPSA) is 108 Å². The van der Waals surface area contributed by atoms with Crippen molar-refractivity contribution in [1.82, 2.24) is 9.97 Å². The molecule has 1 saturated heterocycles. The lowest BCUT2D eigenvalue weighted by Crippen LogP contribution is -2.59. The summed E-state index contributed by atoms with van der Waals surface area (Å²) in [7, 11) is 0. The average Bonchev–Trinajstić information content (AvgIpc) is 2.46. The van der Waals surface area contributed by atoms with Gasteiger partial charge in [-0.15, -0.1) is 0 Å². The number of carbonyl (C=O) groups excluding carboxylic acids is 1. The summed E-state index contributed by atoms with van der Waals surface area (Å²) in [5.74, 6) is -0.503. The third-order valence-electron chi connectivity index (χ3n) is 3.34. The fourth-order valence-corrected chi connectivity index (χ4v) is 2.49. The smallest absolute Gasteiger partial charge is 0.329 e. The van der Waals surface area contributed by atoms with E-state index in [9.17, 15) is 14.9 Å². The first kappa shape index (κ1) is 16.4. The van der Waals surface area contributed by atoms with Crippen LogP contribution < -0.4 is 4.90 Å². The van der Waals surface area contributed by atoms with Crippen molar-refractivity contribution in [2.75, 3.05) is 24.7 Å². The van der Waals surface area contributed by atoms with Gasteiger partial charge >= 0.3 is 11.7 Å². The highest BCUT2D eigenvalue weighted by Gasteiger charge is 2.45. The number of anilines is 1. The molecule has 1 aliphatic rings. The summed E-state index contributed by atoms with van der Waals surface area (Å²) >= 11 is 5.77. The van der Waals surface area contributed by atoms with Crippen molar-refractivity contribution in [3.05, 3.63) is 21.6 Å². The lowest BCUT2D eigenvalue weighted by molar-refractivity contribution is -0.384. The van der Waals surface area contributed by atoms with Crippen LogP contribution in [-0.4, -0.2) is 46.3 Å². The van der Waals surface area contributed by atoms with Crippen molar-refractivity contribution in [3.8, 4) is 0 Å². The third kappa shape index (κ3) is 3.09. The highest BCUT2D eigenvalue weighted by Crippen LogP contribution is 2.35. The first-order valence-corrected chi connectivity index (χ1v) is 6.99. The highest BCUT2D eigenvalue weighted by molar-refractivity contribution is 6.28. The molecule has 120 valence electrons. The van der Waals surface area contributed by atoms with Crippen LogP contribution in [0, 0.1) is 10.1 Å². The largest absolute Gasteiger partial charge is 0.436 e. The quantitative estimate of drug-likeness (QED) is 0.354. The molecule has 0 aliphatic carbocycles. The Bertz CT molecular complexity index is 599. The molecular formula is C12H15ClN4O5. The van der Waals surface area contributed by atoms with E-state index in [0.717, 1.165) is 6.20 Å². The summed E-state index contributed by atoms with van der Waals surface area (Å²) < 4.78 is 10.8. The number of carbonyl (C=O) groups is 1. The van der Waals surface area contributed by atoms with Crippen LogP contribution in [0.3, 0.4) is 0 Å². The third-order valence-corrected chi connectivity index (χ3v) is 3.52. The number of hydrogen-bond acceptors (Lipinski definition) is 8. The van der Waals surface area contributed by atoms with Gasteiger partial charge in [-0.2, -0.15) is 4.98 Å². The Kier molecular flexibility index (Phi) is 4.77. The zero-order chi connectivity index (χ0) is 16.3. The molecule has 9 nitrogen and oxygen atoms in total. The molecule has 1 atom stereocenters. The second-order valence-corrected chi connectivity index (χ2v) is 5.04. The molecule has 2 heterocycles. The van der Waals surface area contributed by atoms with Crippen LogP contribution in [0.2, 0.25) is 5.28 Å². The molecule has 0 saturated carbocycles. The van der Waals surface area contributed by atoms with Crippen LogP contribution in [0.4, 0.5) is 11.5 Å². The molecule has 0 spiro atoms. The second-order valence-electron chi connectivity index (χ2n) is 4.70. The van der Waals surface area contributed by atoms with Crippen molar-refractivity contribution < 1.29 is 19.2 Å². The number of morpholine rings is 1. The van der Waals surface area contributed by atoms with Gasteiger partial charge < -0.3 is 14.4 Å². The first-order valence-electron chi connectivity index (χ1n) is 6.61. The van der Waals surface area contributed by atoms with Gasteiger partial charge in [0.25, 0.3) is 0 Å². The molecule has 22 heavy (non-hydrogen) atoms. The van der Waals surface area contributed by atoms with Crippen LogP contribution >= 0.6 is 11.6 Å². The number of ether oxygens (including phenoxy) is 2. The van der Waals surface area contributed by atoms with E-state index in [0.29, 0.717) is 13.0 Å². The van der Waals surface area contributed by atoms with Crippen molar-refractivity contribution >= 4 is 29.1 Å². The molecule has 1 aromatic rings. The number of nitrogens with zero attached hydrogens (tertiary/aromatic N) is 4. The Morgan fingerprint density at radius 3 is 3.00 bits per heavy atom. The molecule has 0 amide bonds. The van der Waals surface area contributed by atoms with E-state index in [1.165, 1.54) is 6.92 Å². The zero-order valence-corrected chi connectivity index (χ0v) is 12.9. The number of esters is 1. The lowest BCUT2D eigenvalue weighted by atomic mass is 10.1. The molecule has 0 N–H and O–H groups in total. The zero-order valence-electron chi connectivity index (χ0n) is 12.1. The van der Waals surface area contributed by atoms with E-state index in [1.54, 1.807) is 11.8 Å². The molecule has 10 heteroatoms. The molecule has 1 unspecified atom stereocenters. The molecule has 0 radical (unpaired) electrons. The minimum absolute atomic E-state index is 0.0106. The van der Waals surface area contributed by atoms with E-state index in [4.69, 9.17) is 21.1 Å². The Morgan fingerprint density at radius 1 is 1.68 bits per heavy atom. The van der Waals surface area contributed by atoms with Gasteiger partial charge in [-0.25, -0.2) is 4.98 Å². The Hall–Kier alpha value is -2.00. The van der Waals surface area contributed by atoms with Gasteiger partial charge in [0.05, 0.1) is 11.5 Å². The molecule has 1 aliphatic heterocycles. The highest BCUT2D eigenvalue weighted by atomic mass is 35.5. The normalized spacial score (nSPS) is 21.5. The monoisotopic (exact) mass is 330 g/mol. The van der Waals surface area contributed by atoms with Crippen molar-refractivity contribution in [2.24, 2.45) is 0 Å². The van der Waals surface area contributed by atoms with Gasteiger partial charge in [0, 0.05) is 19.9 Å². The fraction of sp³-hybridized carbons (Fsp3) is 0.583. The number of aromatic nitrogens is 2. The number of rotatable bonds is 4. The van der Waals surface area contributed by atoms with E-state index < -0.39 is 16.6 Å². The molecule has 0 aromatic carbocycles. The predicted molar refractivity (Wildman–Crippen MR) is 76.6 cm³/mol. The summed E-state index contributed by atoms with van der Waals surface area (Å²) in [6.45, 7) is 3.74. The summed E-state index contributed by atoms with van der Waals surface area (Å²) in [5.41, 5.74) is -1.47. The van der Waals surface area contributed by atoms with Gasteiger partial charge in [-0.1, -0.05) is 6.92 Å². The summed E-state index contributed by atoms with van der Waals surface area (Å²) in [6, 6.07) is 0. The van der Waals surface area contributed by atoms with E-state index in [1.807, 2.05) is 0 Å². The number of halogens is 1. The van der Waals surface area contributed by atoms with Gasteiger partial charge in [-0.3, -0.25) is 14.9 Å². The summed E-state index contributed by atoms with van der Waals surface area (Å²) in [5, 5.41) is 11.1. The van der Waals surface area contributed by atoms with Gasteiger partial charge in [0.15, 0.2) is 0 Å². The van der Waals surface area contributed by atoms with Crippen LogP contribution in [0.1, 0.15) is 20.3 Å². The maximum Gasteiger partial charge on any atom is 0.329 e. The standard InChI is InChI=1S/C12H15ClN4O5/c1-3-12(22-8(2)18)7-21-5-4-16(12)10-9(17(19)20)6-14-11(13)15-10/h6H,3-5,7H2,1-2H3. The molecule has 0 bridgehead atoms. The van der Waals surface area contributed by atoms with Crippen LogP contribution in [0.15, 0.2) is 6.20 Å². The lowest BCUT2D eigenvalue weighted by Gasteiger charge is -2.45. The number of hydrogen-bond donors (Lipinski definition) is 0. The minimum atomic E-state index is -1.16. The maximum absolute atomic E-state index is 11.4. The van der Waals surface area contributed by atoms with Crippen molar-refractivity contribution in [3.63, 3.8) is 0 Å². The van der Waals surface area contributed by atoms with Crippen molar-refractivity contribution in [2.45, 2.75) is 26.0 Å². The van der Waals surface area contributed by atoms with Crippen LogP contribution in [0.5, 0.6) is 0 Å². The average molecular weight is 331 g/mol.